The second kappa shape index (κ2) is 8.20. The molecule has 122 valence electrons. The summed E-state index contributed by atoms with van der Waals surface area (Å²) in [6.45, 7) is 0.957. The third-order valence-electron chi connectivity index (χ3n) is 4.16. The molecule has 1 aromatic carbocycles. The molecule has 0 aliphatic carbocycles. The Morgan fingerprint density at radius 1 is 1.50 bits per heavy atom. The van der Waals surface area contributed by atoms with E-state index >= 15 is 0 Å². The number of carbonyl (C=O) groups is 1. The number of hydrogen-bond donors (Lipinski definition) is 2. The van der Waals surface area contributed by atoms with Gasteiger partial charge in [-0.1, -0.05) is 23.7 Å². The van der Waals surface area contributed by atoms with Crippen molar-refractivity contribution in [2.24, 2.45) is 5.73 Å². The predicted octanol–water partition coefficient (Wildman–Crippen LogP) is 2.28. The van der Waals surface area contributed by atoms with Gasteiger partial charge in [0.15, 0.2) is 0 Å². The van der Waals surface area contributed by atoms with Crippen LogP contribution in [-0.4, -0.2) is 48.5 Å². The van der Waals surface area contributed by atoms with Crippen molar-refractivity contribution in [3.05, 3.63) is 34.9 Å². The molecule has 1 saturated heterocycles. The van der Waals surface area contributed by atoms with Crippen molar-refractivity contribution in [3.8, 4) is 0 Å². The van der Waals surface area contributed by atoms with Crippen LogP contribution in [0.15, 0.2) is 24.3 Å². The van der Waals surface area contributed by atoms with Crippen LogP contribution in [0.2, 0.25) is 5.02 Å². The number of benzene rings is 1. The van der Waals surface area contributed by atoms with E-state index in [-0.39, 0.29) is 18.0 Å². The molecule has 0 aromatic heterocycles. The summed E-state index contributed by atoms with van der Waals surface area (Å²) in [6, 6.07) is 7.69. The lowest BCUT2D eigenvalue weighted by molar-refractivity contribution is -0.123. The van der Waals surface area contributed by atoms with E-state index in [1.807, 2.05) is 30.5 Å². The summed E-state index contributed by atoms with van der Waals surface area (Å²) in [5.41, 5.74) is 7.14. The van der Waals surface area contributed by atoms with Crippen LogP contribution in [0, 0.1) is 0 Å². The first kappa shape index (κ1) is 17.6. The number of amides is 1. The molecule has 3 N–H and O–H groups in total. The molecule has 3 atom stereocenters. The largest absolute Gasteiger partial charge is 0.350 e. The minimum atomic E-state index is -0.427. The monoisotopic (exact) mass is 341 g/mol. The number of halogens is 1. The Bertz CT molecular complexity index is 497. The number of nitrogens with zero attached hydrogens (tertiary/aromatic N) is 1. The fourth-order valence-electron chi connectivity index (χ4n) is 2.91. The minimum absolute atomic E-state index is 0.0479. The number of hydrogen-bond acceptors (Lipinski definition) is 4. The molecular weight excluding hydrogens is 318 g/mol. The van der Waals surface area contributed by atoms with Gasteiger partial charge in [-0.25, -0.2) is 0 Å². The van der Waals surface area contributed by atoms with Crippen molar-refractivity contribution >= 4 is 29.3 Å². The highest BCUT2D eigenvalue weighted by atomic mass is 35.5. The zero-order valence-corrected chi connectivity index (χ0v) is 14.7. The van der Waals surface area contributed by atoms with Crippen molar-refractivity contribution in [1.29, 1.82) is 0 Å². The fourth-order valence-corrected chi connectivity index (χ4v) is 3.53. The van der Waals surface area contributed by atoms with Crippen LogP contribution in [0.3, 0.4) is 0 Å². The molecule has 3 unspecified atom stereocenters. The van der Waals surface area contributed by atoms with Gasteiger partial charge in [-0.3, -0.25) is 9.69 Å². The van der Waals surface area contributed by atoms with E-state index in [0.29, 0.717) is 6.42 Å². The zero-order valence-electron chi connectivity index (χ0n) is 13.1. The topological polar surface area (TPSA) is 58.4 Å². The van der Waals surface area contributed by atoms with Gasteiger partial charge in [-0.15, -0.1) is 0 Å². The standard InChI is InChI=1S/C16H24ClN3OS/c1-20-9-7-14(19-16(21)13(18)8-10-22-2)15(20)11-3-5-12(17)6-4-11/h3-6,13-15H,7-10,18H2,1-2H3,(H,19,21). The lowest BCUT2D eigenvalue weighted by atomic mass is 10.00. The Balaban J connectivity index is 2.03. The molecule has 22 heavy (non-hydrogen) atoms. The first-order valence-electron chi connectivity index (χ1n) is 7.53. The lowest BCUT2D eigenvalue weighted by Gasteiger charge is -2.27. The number of nitrogens with two attached hydrogens (primary N) is 1. The van der Waals surface area contributed by atoms with Gasteiger partial charge in [0.25, 0.3) is 0 Å². The summed E-state index contributed by atoms with van der Waals surface area (Å²) in [7, 11) is 2.08. The molecule has 6 heteroatoms. The van der Waals surface area contributed by atoms with Crippen LogP contribution in [-0.2, 0) is 4.79 Å². The highest BCUT2D eigenvalue weighted by Gasteiger charge is 2.34. The van der Waals surface area contributed by atoms with Gasteiger partial charge in [0.1, 0.15) is 0 Å². The molecule has 2 rings (SSSR count). The van der Waals surface area contributed by atoms with E-state index in [9.17, 15) is 4.79 Å². The summed E-state index contributed by atoms with van der Waals surface area (Å²) >= 11 is 7.67. The van der Waals surface area contributed by atoms with E-state index in [4.69, 9.17) is 17.3 Å². The van der Waals surface area contributed by atoms with Crippen molar-refractivity contribution in [2.75, 3.05) is 25.6 Å². The number of nitrogens with one attached hydrogen (secondary N) is 1. The van der Waals surface area contributed by atoms with E-state index < -0.39 is 6.04 Å². The van der Waals surface area contributed by atoms with Gasteiger partial charge in [0, 0.05) is 17.6 Å². The minimum Gasteiger partial charge on any atom is -0.350 e. The molecule has 1 heterocycles. The normalized spacial score (nSPS) is 23.5. The number of rotatable bonds is 6. The number of likely N-dealkylation sites (tertiary alicyclic amines) is 1. The Morgan fingerprint density at radius 3 is 2.82 bits per heavy atom. The smallest absolute Gasteiger partial charge is 0.237 e. The fraction of sp³-hybridized carbons (Fsp3) is 0.562. The van der Waals surface area contributed by atoms with Crippen LogP contribution in [0.4, 0.5) is 0 Å². The Labute approximate surface area is 141 Å². The first-order valence-corrected chi connectivity index (χ1v) is 9.30. The van der Waals surface area contributed by atoms with Crippen LogP contribution < -0.4 is 11.1 Å². The average Bonchev–Trinajstić information content (AvgIpc) is 2.86. The highest BCUT2D eigenvalue weighted by molar-refractivity contribution is 7.98. The maximum absolute atomic E-state index is 12.3. The summed E-state index contributed by atoms with van der Waals surface area (Å²) in [5, 5.41) is 3.86. The second-order valence-electron chi connectivity index (χ2n) is 5.77. The summed E-state index contributed by atoms with van der Waals surface area (Å²) < 4.78 is 0. The lowest BCUT2D eigenvalue weighted by Crippen LogP contribution is -2.47. The van der Waals surface area contributed by atoms with Gasteiger partial charge < -0.3 is 11.1 Å². The molecule has 1 aliphatic heterocycles. The second-order valence-corrected chi connectivity index (χ2v) is 7.19. The van der Waals surface area contributed by atoms with Gasteiger partial charge in [-0.05, 0) is 49.6 Å². The van der Waals surface area contributed by atoms with E-state index in [2.05, 4.69) is 17.3 Å². The molecule has 0 spiro atoms. The van der Waals surface area contributed by atoms with Crippen LogP contribution >= 0.6 is 23.4 Å². The predicted molar refractivity (Wildman–Crippen MR) is 94.3 cm³/mol. The molecule has 0 radical (unpaired) electrons. The number of likely N-dealkylation sites (N-methyl/N-ethyl adjacent to an activating group) is 1. The Kier molecular flexibility index (Phi) is 6.56. The SMILES string of the molecule is CSCCC(N)C(=O)NC1CCN(C)C1c1ccc(Cl)cc1. The molecule has 0 saturated carbocycles. The molecule has 1 amide bonds. The zero-order chi connectivity index (χ0) is 16.1. The van der Waals surface area contributed by atoms with Gasteiger partial charge in [-0.2, -0.15) is 11.8 Å². The van der Waals surface area contributed by atoms with Gasteiger partial charge in [0.05, 0.1) is 12.1 Å². The maximum Gasteiger partial charge on any atom is 0.237 e. The third kappa shape index (κ3) is 4.38. The Morgan fingerprint density at radius 2 is 2.18 bits per heavy atom. The van der Waals surface area contributed by atoms with E-state index in [1.165, 1.54) is 5.56 Å². The molecule has 0 bridgehead atoms. The van der Waals surface area contributed by atoms with Crippen LogP contribution in [0.25, 0.3) is 0 Å². The maximum atomic E-state index is 12.3. The summed E-state index contributed by atoms with van der Waals surface area (Å²) in [4.78, 5) is 14.5. The number of thioether (sulfide) groups is 1. The van der Waals surface area contributed by atoms with Gasteiger partial charge in [0.2, 0.25) is 5.91 Å². The molecular formula is C16H24ClN3OS. The van der Waals surface area contributed by atoms with Crippen LogP contribution in [0.1, 0.15) is 24.4 Å². The number of carbonyl (C=O) groups excluding carboxylic acids is 1. The van der Waals surface area contributed by atoms with E-state index in [0.717, 1.165) is 23.7 Å². The molecule has 1 aromatic rings. The van der Waals surface area contributed by atoms with E-state index in [1.54, 1.807) is 11.8 Å². The third-order valence-corrected chi connectivity index (χ3v) is 5.05. The van der Waals surface area contributed by atoms with Crippen molar-refractivity contribution in [3.63, 3.8) is 0 Å². The highest BCUT2D eigenvalue weighted by Crippen LogP contribution is 2.31. The molecule has 1 fully saturated rings. The van der Waals surface area contributed by atoms with Gasteiger partial charge >= 0.3 is 0 Å². The van der Waals surface area contributed by atoms with Crippen molar-refractivity contribution in [2.45, 2.75) is 31.0 Å². The van der Waals surface area contributed by atoms with Crippen molar-refractivity contribution in [1.82, 2.24) is 10.2 Å². The van der Waals surface area contributed by atoms with Crippen LogP contribution in [0.5, 0.6) is 0 Å². The summed E-state index contributed by atoms with van der Waals surface area (Å²) in [5.74, 6) is 0.855. The molecule has 1 aliphatic rings. The average molecular weight is 342 g/mol. The summed E-state index contributed by atoms with van der Waals surface area (Å²) in [6.07, 6.45) is 3.67. The quantitative estimate of drug-likeness (QED) is 0.833. The Hall–Kier alpha value is -0.750. The molecule has 4 nitrogen and oxygen atoms in total. The first-order chi connectivity index (χ1) is 10.5. The van der Waals surface area contributed by atoms with Crippen molar-refractivity contribution < 1.29 is 4.79 Å².